The first-order chi connectivity index (χ1) is 15.2. The van der Waals surface area contributed by atoms with Crippen LogP contribution in [0, 0.1) is 5.92 Å². The summed E-state index contributed by atoms with van der Waals surface area (Å²) in [5.41, 5.74) is 4.41. The number of benzene rings is 3. The Hall–Kier alpha value is -3.73. The Morgan fingerprint density at radius 1 is 1.06 bits per heavy atom. The first kappa shape index (κ1) is 19.2. The number of methoxy groups -OCH3 is 1. The molecule has 156 valence electrons. The molecule has 0 aromatic heterocycles. The minimum absolute atomic E-state index is 0.0349. The van der Waals surface area contributed by atoms with Gasteiger partial charge in [0.05, 0.1) is 13.2 Å². The Balaban J connectivity index is 1.46. The summed E-state index contributed by atoms with van der Waals surface area (Å²) in [5, 5.41) is 17.4. The van der Waals surface area contributed by atoms with Crippen LogP contribution < -0.4 is 15.4 Å². The van der Waals surface area contributed by atoms with Crippen LogP contribution >= 0.6 is 0 Å². The maximum absolute atomic E-state index is 12.6. The van der Waals surface area contributed by atoms with Crippen molar-refractivity contribution in [1.29, 1.82) is 0 Å². The van der Waals surface area contributed by atoms with Crippen LogP contribution in [0.3, 0.4) is 0 Å². The molecule has 3 aromatic carbocycles. The minimum atomic E-state index is -0.123. The summed E-state index contributed by atoms with van der Waals surface area (Å²) in [6.07, 6.45) is 5.35. The van der Waals surface area contributed by atoms with E-state index in [4.69, 9.17) is 4.74 Å². The molecule has 5 heteroatoms. The molecule has 2 aliphatic rings. The Labute approximate surface area is 181 Å². The number of rotatable bonds is 4. The van der Waals surface area contributed by atoms with Gasteiger partial charge in [0.2, 0.25) is 0 Å². The summed E-state index contributed by atoms with van der Waals surface area (Å²) in [6, 6.07) is 20.8. The maximum atomic E-state index is 12.6. The molecule has 3 aromatic rings. The lowest BCUT2D eigenvalue weighted by atomic mass is 9.76. The molecule has 3 unspecified atom stereocenters. The number of hydrogen-bond donors (Lipinski definition) is 3. The molecule has 0 saturated heterocycles. The van der Waals surface area contributed by atoms with Crippen LogP contribution in [-0.2, 0) is 0 Å². The van der Waals surface area contributed by atoms with Crippen molar-refractivity contribution in [3.63, 3.8) is 0 Å². The zero-order valence-electron chi connectivity index (χ0n) is 17.2. The number of ether oxygens (including phenoxy) is 1. The zero-order valence-corrected chi connectivity index (χ0v) is 17.2. The van der Waals surface area contributed by atoms with Crippen molar-refractivity contribution < 1.29 is 14.6 Å². The second-order valence-electron chi connectivity index (χ2n) is 8.00. The van der Waals surface area contributed by atoms with E-state index in [9.17, 15) is 9.90 Å². The van der Waals surface area contributed by atoms with Gasteiger partial charge in [0.15, 0.2) is 11.5 Å². The third kappa shape index (κ3) is 3.42. The molecule has 0 fully saturated rings. The number of amides is 1. The fraction of sp³-hybridized carbons (Fsp3) is 0.192. The van der Waals surface area contributed by atoms with Gasteiger partial charge in [-0.3, -0.25) is 4.79 Å². The van der Waals surface area contributed by atoms with E-state index in [-0.39, 0.29) is 29.5 Å². The van der Waals surface area contributed by atoms with Gasteiger partial charge in [0.25, 0.3) is 5.91 Å². The van der Waals surface area contributed by atoms with E-state index in [1.807, 2.05) is 42.5 Å². The standard InChI is InChI=1S/C26H24N2O3/c1-31-23-12-6-11-20(25(23)29)24-19-10-5-9-18(19)21-15-17(13-14-22(21)28-24)27-26(30)16-7-3-2-4-8-16/h2-9,11-15,18-19,24,28-29H,10H2,1H3,(H,27,30). The Kier molecular flexibility index (Phi) is 4.86. The summed E-state index contributed by atoms with van der Waals surface area (Å²) >= 11 is 0. The highest BCUT2D eigenvalue weighted by Gasteiger charge is 2.39. The number of aromatic hydroxyl groups is 1. The first-order valence-electron chi connectivity index (χ1n) is 10.4. The highest BCUT2D eigenvalue weighted by Crippen LogP contribution is 2.52. The smallest absolute Gasteiger partial charge is 0.255 e. The number of phenolic OH excluding ortho intramolecular Hbond substituents is 1. The number of carbonyl (C=O) groups excluding carboxylic acids is 1. The summed E-state index contributed by atoms with van der Waals surface area (Å²) in [6.45, 7) is 0. The largest absolute Gasteiger partial charge is 0.504 e. The molecule has 31 heavy (non-hydrogen) atoms. The second kappa shape index (κ2) is 7.84. The lowest BCUT2D eigenvalue weighted by Crippen LogP contribution is -2.29. The number of hydrogen-bond acceptors (Lipinski definition) is 4. The lowest BCUT2D eigenvalue weighted by molar-refractivity contribution is 0.102. The fourth-order valence-corrected chi connectivity index (χ4v) is 4.73. The monoisotopic (exact) mass is 412 g/mol. The first-order valence-corrected chi connectivity index (χ1v) is 10.4. The van der Waals surface area contributed by atoms with Gasteiger partial charge in [-0.15, -0.1) is 0 Å². The molecule has 1 aliphatic carbocycles. The molecule has 1 heterocycles. The predicted molar refractivity (Wildman–Crippen MR) is 122 cm³/mol. The topological polar surface area (TPSA) is 70.6 Å². The number of anilines is 2. The quantitative estimate of drug-likeness (QED) is 0.496. The molecule has 1 aliphatic heterocycles. The van der Waals surface area contributed by atoms with Crippen molar-refractivity contribution in [3.05, 3.63) is 95.6 Å². The Morgan fingerprint density at radius 2 is 1.90 bits per heavy atom. The maximum Gasteiger partial charge on any atom is 0.255 e. The van der Waals surface area contributed by atoms with Crippen molar-refractivity contribution in [2.24, 2.45) is 5.92 Å². The van der Waals surface area contributed by atoms with Crippen molar-refractivity contribution in [2.45, 2.75) is 18.4 Å². The van der Waals surface area contributed by atoms with E-state index in [2.05, 4.69) is 28.9 Å². The zero-order chi connectivity index (χ0) is 21.4. The van der Waals surface area contributed by atoms with Crippen molar-refractivity contribution in [3.8, 4) is 11.5 Å². The number of fused-ring (bicyclic) bond motifs is 3. The number of phenols is 1. The highest BCUT2D eigenvalue weighted by molar-refractivity contribution is 6.04. The fourth-order valence-electron chi connectivity index (χ4n) is 4.73. The lowest BCUT2D eigenvalue weighted by Gasteiger charge is -2.38. The number of allylic oxidation sites excluding steroid dienone is 2. The number of carbonyl (C=O) groups is 1. The summed E-state index contributed by atoms with van der Waals surface area (Å²) in [5.74, 6) is 1.02. The minimum Gasteiger partial charge on any atom is -0.504 e. The van der Waals surface area contributed by atoms with Crippen LogP contribution in [0.1, 0.15) is 39.9 Å². The van der Waals surface area contributed by atoms with Crippen molar-refractivity contribution in [2.75, 3.05) is 17.7 Å². The molecule has 0 bridgehead atoms. The Bertz CT molecular complexity index is 1160. The van der Waals surface area contributed by atoms with Gasteiger partial charge < -0.3 is 20.5 Å². The van der Waals surface area contributed by atoms with Crippen LogP contribution in [0.2, 0.25) is 0 Å². The molecule has 3 N–H and O–H groups in total. The van der Waals surface area contributed by atoms with Crippen LogP contribution in [0.25, 0.3) is 0 Å². The molecule has 1 amide bonds. The van der Waals surface area contributed by atoms with Crippen LogP contribution in [0.5, 0.6) is 11.5 Å². The average Bonchev–Trinajstić information content (AvgIpc) is 3.30. The van der Waals surface area contributed by atoms with E-state index in [0.29, 0.717) is 11.3 Å². The SMILES string of the molecule is COc1cccc(C2Nc3ccc(NC(=O)c4ccccc4)cc3C3C=CCC32)c1O. The Morgan fingerprint density at radius 3 is 2.71 bits per heavy atom. The molecule has 5 nitrogen and oxygen atoms in total. The number of para-hydroxylation sites is 1. The van der Waals surface area contributed by atoms with E-state index < -0.39 is 0 Å². The summed E-state index contributed by atoms with van der Waals surface area (Å²) < 4.78 is 5.31. The van der Waals surface area contributed by atoms with Gasteiger partial charge in [-0.05, 0) is 54.3 Å². The van der Waals surface area contributed by atoms with Gasteiger partial charge >= 0.3 is 0 Å². The van der Waals surface area contributed by atoms with Gasteiger partial charge in [-0.1, -0.05) is 42.5 Å². The molecular formula is C26H24N2O3. The average molecular weight is 412 g/mol. The third-order valence-corrected chi connectivity index (χ3v) is 6.24. The van der Waals surface area contributed by atoms with Crippen molar-refractivity contribution >= 4 is 17.3 Å². The van der Waals surface area contributed by atoms with E-state index in [0.717, 1.165) is 28.9 Å². The molecule has 0 radical (unpaired) electrons. The molecule has 5 rings (SSSR count). The van der Waals surface area contributed by atoms with Gasteiger partial charge in [0.1, 0.15) is 0 Å². The van der Waals surface area contributed by atoms with E-state index in [1.54, 1.807) is 25.3 Å². The van der Waals surface area contributed by atoms with Gasteiger partial charge in [0, 0.05) is 28.4 Å². The van der Waals surface area contributed by atoms with Crippen LogP contribution in [0.4, 0.5) is 11.4 Å². The molecular weight excluding hydrogens is 388 g/mol. The van der Waals surface area contributed by atoms with E-state index >= 15 is 0 Å². The van der Waals surface area contributed by atoms with Crippen molar-refractivity contribution in [1.82, 2.24) is 0 Å². The molecule has 0 saturated carbocycles. The highest BCUT2D eigenvalue weighted by atomic mass is 16.5. The summed E-state index contributed by atoms with van der Waals surface area (Å²) in [7, 11) is 1.56. The molecule has 3 atom stereocenters. The van der Waals surface area contributed by atoms with Crippen LogP contribution in [-0.4, -0.2) is 18.1 Å². The summed E-state index contributed by atoms with van der Waals surface area (Å²) in [4.78, 5) is 12.6. The number of nitrogens with one attached hydrogen (secondary N) is 2. The molecule has 0 spiro atoms. The third-order valence-electron chi connectivity index (χ3n) is 6.24. The van der Waals surface area contributed by atoms with Gasteiger partial charge in [-0.25, -0.2) is 0 Å². The van der Waals surface area contributed by atoms with Crippen LogP contribution in [0.15, 0.2) is 78.9 Å². The predicted octanol–water partition coefficient (Wildman–Crippen LogP) is 5.48. The normalized spacial score (nSPS) is 21.0. The van der Waals surface area contributed by atoms with E-state index in [1.165, 1.54) is 0 Å². The second-order valence-corrected chi connectivity index (χ2v) is 8.00. The van der Waals surface area contributed by atoms with Gasteiger partial charge in [-0.2, -0.15) is 0 Å².